The Bertz CT molecular complexity index is 252. The molecule has 1 aliphatic heterocycles. The summed E-state index contributed by atoms with van der Waals surface area (Å²) in [4.78, 5) is 2.79. The third-order valence-corrected chi connectivity index (χ3v) is 5.51. The van der Waals surface area contributed by atoms with Gasteiger partial charge >= 0.3 is 0 Å². The van der Waals surface area contributed by atoms with Gasteiger partial charge in [-0.3, -0.25) is 0 Å². The summed E-state index contributed by atoms with van der Waals surface area (Å²) in [7, 11) is 0. The molecule has 1 N–H and O–H groups in total. The van der Waals surface area contributed by atoms with Gasteiger partial charge in [0.25, 0.3) is 0 Å². The molecule has 0 radical (unpaired) electrons. The molecule has 118 valence electrons. The van der Waals surface area contributed by atoms with Crippen LogP contribution in [-0.4, -0.2) is 37.1 Å². The van der Waals surface area contributed by atoms with Crippen LogP contribution in [0.4, 0.5) is 0 Å². The molecule has 1 aliphatic carbocycles. The van der Waals surface area contributed by atoms with Gasteiger partial charge in [0.1, 0.15) is 0 Å². The highest BCUT2D eigenvalue weighted by Gasteiger charge is 2.27. The van der Waals surface area contributed by atoms with Crippen LogP contribution in [0.2, 0.25) is 0 Å². The van der Waals surface area contributed by atoms with Gasteiger partial charge in [0.2, 0.25) is 0 Å². The monoisotopic (exact) mass is 280 g/mol. The zero-order valence-electron chi connectivity index (χ0n) is 13.9. The first-order valence-corrected chi connectivity index (χ1v) is 9.29. The van der Waals surface area contributed by atoms with E-state index >= 15 is 0 Å². The van der Waals surface area contributed by atoms with Crippen LogP contribution in [0, 0.1) is 11.8 Å². The van der Waals surface area contributed by atoms with Gasteiger partial charge in [-0.2, -0.15) is 0 Å². The quantitative estimate of drug-likeness (QED) is 0.789. The highest BCUT2D eigenvalue weighted by Crippen LogP contribution is 2.27. The number of hydrogen-bond donors (Lipinski definition) is 1. The van der Waals surface area contributed by atoms with E-state index in [0.29, 0.717) is 0 Å². The number of likely N-dealkylation sites (tertiary alicyclic amines) is 1. The van der Waals surface area contributed by atoms with Gasteiger partial charge in [0.05, 0.1) is 0 Å². The summed E-state index contributed by atoms with van der Waals surface area (Å²) < 4.78 is 0. The van der Waals surface area contributed by atoms with Crippen molar-refractivity contribution in [2.24, 2.45) is 11.8 Å². The molecule has 0 spiro atoms. The first kappa shape index (κ1) is 16.3. The highest BCUT2D eigenvalue weighted by atomic mass is 15.1. The van der Waals surface area contributed by atoms with Gasteiger partial charge in [0.15, 0.2) is 0 Å². The lowest BCUT2D eigenvalue weighted by molar-refractivity contribution is 0.171. The highest BCUT2D eigenvalue weighted by molar-refractivity contribution is 4.83. The first-order valence-electron chi connectivity index (χ1n) is 9.29. The second-order valence-electron chi connectivity index (χ2n) is 7.09. The SMILES string of the molecule is CCCC1CCCN(CC2CCCCC2NCC)CC1. The Hall–Kier alpha value is -0.0800. The van der Waals surface area contributed by atoms with Crippen LogP contribution in [0.25, 0.3) is 0 Å². The Kier molecular flexibility index (Phi) is 7.37. The van der Waals surface area contributed by atoms with Gasteiger partial charge in [0, 0.05) is 12.6 Å². The Morgan fingerprint density at radius 3 is 2.60 bits per heavy atom. The molecule has 20 heavy (non-hydrogen) atoms. The molecule has 3 atom stereocenters. The van der Waals surface area contributed by atoms with E-state index in [2.05, 4.69) is 24.1 Å². The molecule has 2 aliphatic rings. The molecule has 0 amide bonds. The summed E-state index contributed by atoms with van der Waals surface area (Å²) in [6.07, 6.45) is 12.9. The van der Waals surface area contributed by atoms with Crippen molar-refractivity contribution in [3.8, 4) is 0 Å². The topological polar surface area (TPSA) is 15.3 Å². The summed E-state index contributed by atoms with van der Waals surface area (Å²) in [6, 6.07) is 0.795. The summed E-state index contributed by atoms with van der Waals surface area (Å²) in [5.74, 6) is 1.92. The smallest absolute Gasteiger partial charge is 0.0107 e. The van der Waals surface area contributed by atoms with Crippen LogP contribution in [0.15, 0.2) is 0 Å². The Morgan fingerprint density at radius 2 is 1.80 bits per heavy atom. The Morgan fingerprint density at radius 1 is 0.950 bits per heavy atom. The summed E-state index contributed by atoms with van der Waals surface area (Å²) >= 11 is 0. The molecule has 1 heterocycles. The third-order valence-electron chi connectivity index (χ3n) is 5.51. The van der Waals surface area contributed by atoms with Crippen molar-refractivity contribution in [1.82, 2.24) is 10.2 Å². The van der Waals surface area contributed by atoms with Gasteiger partial charge in [-0.1, -0.05) is 39.5 Å². The van der Waals surface area contributed by atoms with E-state index in [0.717, 1.165) is 24.4 Å². The molecule has 2 nitrogen and oxygen atoms in total. The Balaban J connectivity index is 1.79. The van der Waals surface area contributed by atoms with E-state index in [1.807, 2.05) is 0 Å². The lowest BCUT2D eigenvalue weighted by Crippen LogP contribution is -2.44. The zero-order chi connectivity index (χ0) is 14.2. The van der Waals surface area contributed by atoms with Crippen molar-refractivity contribution < 1.29 is 0 Å². The van der Waals surface area contributed by atoms with Crippen molar-refractivity contribution in [2.45, 2.75) is 77.7 Å². The van der Waals surface area contributed by atoms with Crippen LogP contribution >= 0.6 is 0 Å². The van der Waals surface area contributed by atoms with Gasteiger partial charge in [-0.05, 0) is 63.6 Å². The fourth-order valence-corrected chi connectivity index (χ4v) is 4.39. The molecule has 3 unspecified atom stereocenters. The molecule has 1 saturated heterocycles. The number of hydrogen-bond acceptors (Lipinski definition) is 2. The fraction of sp³-hybridized carbons (Fsp3) is 1.00. The molecule has 0 bridgehead atoms. The average Bonchev–Trinajstić information content (AvgIpc) is 2.68. The summed E-state index contributed by atoms with van der Waals surface area (Å²) in [5, 5.41) is 3.74. The lowest BCUT2D eigenvalue weighted by Gasteiger charge is -2.35. The summed E-state index contributed by atoms with van der Waals surface area (Å²) in [6.45, 7) is 9.81. The molecule has 0 aromatic rings. The molecule has 2 rings (SSSR count). The van der Waals surface area contributed by atoms with Gasteiger partial charge < -0.3 is 10.2 Å². The van der Waals surface area contributed by atoms with E-state index in [9.17, 15) is 0 Å². The van der Waals surface area contributed by atoms with Crippen LogP contribution in [-0.2, 0) is 0 Å². The molecular formula is C18H36N2. The van der Waals surface area contributed by atoms with E-state index in [1.54, 1.807) is 0 Å². The second kappa shape index (κ2) is 9.04. The van der Waals surface area contributed by atoms with Crippen LogP contribution in [0.3, 0.4) is 0 Å². The number of nitrogens with zero attached hydrogens (tertiary/aromatic N) is 1. The molecule has 0 aromatic heterocycles. The molecular weight excluding hydrogens is 244 g/mol. The van der Waals surface area contributed by atoms with Gasteiger partial charge in [-0.15, -0.1) is 0 Å². The maximum atomic E-state index is 3.74. The van der Waals surface area contributed by atoms with E-state index in [1.165, 1.54) is 77.4 Å². The largest absolute Gasteiger partial charge is 0.314 e. The van der Waals surface area contributed by atoms with Gasteiger partial charge in [-0.25, -0.2) is 0 Å². The van der Waals surface area contributed by atoms with E-state index < -0.39 is 0 Å². The maximum absolute atomic E-state index is 3.74. The molecule has 0 aromatic carbocycles. The van der Waals surface area contributed by atoms with Crippen LogP contribution in [0.1, 0.15) is 71.6 Å². The normalized spacial score (nSPS) is 33.0. The predicted molar refractivity (Wildman–Crippen MR) is 88.1 cm³/mol. The van der Waals surface area contributed by atoms with Crippen molar-refractivity contribution >= 4 is 0 Å². The second-order valence-corrected chi connectivity index (χ2v) is 7.09. The van der Waals surface area contributed by atoms with E-state index in [4.69, 9.17) is 0 Å². The van der Waals surface area contributed by atoms with Crippen LogP contribution < -0.4 is 5.32 Å². The molecule has 1 saturated carbocycles. The Labute approximate surface area is 126 Å². The standard InChI is InChI=1S/C18H36N2/c1-3-8-16-9-7-13-20(14-12-16)15-17-10-5-6-11-18(17)19-4-2/h16-19H,3-15H2,1-2H3. The predicted octanol–water partition coefficient (Wildman–Crippen LogP) is 4.06. The molecule has 2 fully saturated rings. The van der Waals surface area contributed by atoms with E-state index in [-0.39, 0.29) is 0 Å². The van der Waals surface area contributed by atoms with Crippen molar-refractivity contribution in [3.05, 3.63) is 0 Å². The fourth-order valence-electron chi connectivity index (χ4n) is 4.39. The minimum Gasteiger partial charge on any atom is -0.314 e. The minimum absolute atomic E-state index is 0.795. The summed E-state index contributed by atoms with van der Waals surface area (Å²) in [5.41, 5.74) is 0. The molecule has 2 heteroatoms. The van der Waals surface area contributed by atoms with Crippen molar-refractivity contribution in [3.63, 3.8) is 0 Å². The van der Waals surface area contributed by atoms with Crippen LogP contribution in [0.5, 0.6) is 0 Å². The first-order chi connectivity index (χ1) is 9.83. The third kappa shape index (κ3) is 5.04. The number of nitrogens with one attached hydrogen (secondary N) is 1. The van der Waals surface area contributed by atoms with Crippen molar-refractivity contribution in [2.75, 3.05) is 26.2 Å². The average molecular weight is 281 g/mol. The number of rotatable bonds is 6. The minimum atomic E-state index is 0.795. The van der Waals surface area contributed by atoms with Crippen molar-refractivity contribution in [1.29, 1.82) is 0 Å². The maximum Gasteiger partial charge on any atom is 0.0107 e. The lowest BCUT2D eigenvalue weighted by atomic mass is 9.84. The zero-order valence-corrected chi connectivity index (χ0v) is 13.9.